The van der Waals surface area contributed by atoms with Crippen molar-refractivity contribution in [1.82, 2.24) is 4.57 Å². The summed E-state index contributed by atoms with van der Waals surface area (Å²) in [6.45, 7) is 0.500. The van der Waals surface area contributed by atoms with Crippen LogP contribution < -0.4 is 11.5 Å². The molecular formula is C10H12N2O3. The maximum absolute atomic E-state index is 11.4. The number of benzene rings is 1. The van der Waals surface area contributed by atoms with Crippen molar-refractivity contribution >= 4 is 16.8 Å². The van der Waals surface area contributed by atoms with Gasteiger partial charge in [-0.15, -0.1) is 0 Å². The zero-order valence-corrected chi connectivity index (χ0v) is 8.14. The highest BCUT2D eigenvalue weighted by Gasteiger charge is 2.08. The normalized spacial score (nSPS) is 11.0. The average molecular weight is 208 g/mol. The van der Waals surface area contributed by atoms with E-state index in [1.54, 1.807) is 18.2 Å². The molecule has 0 saturated carbocycles. The SMILES string of the molecule is Nc1ccc2c(c1)oc(=O)n2CCCO. The number of nitrogens with zero attached hydrogens (tertiary/aromatic N) is 1. The molecule has 1 heterocycles. The zero-order valence-electron chi connectivity index (χ0n) is 8.14. The molecule has 0 unspecified atom stereocenters. The number of aliphatic hydroxyl groups excluding tert-OH is 1. The lowest BCUT2D eigenvalue weighted by Crippen LogP contribution is -2.14. The minimum absolute atomic E-state index is 0.0497. The number of aliphatic hydroxyl groups is 1. The number of aryl methyl sites for hydroxylation is 1. The second-order valence-electron chi connectivity index (χ2n) is 3.32. The van der Waals surface area contributed by atoms with Gasteiger partial charge in [-0.25, -0.2) is 4.79 Å². The van der Waals surface area contributed by atoms with Crippen molar-refractivity contribution in [3.05, 3.63) is 28.7 Å². The monoisotopic (exact) mass is 208 g/mol. The van der Waals surface area contributed by atoms with Gasteiger partial charge < -0.3 is 15.3 Å². The molecule has 0 aliphatic heterocycles. The van der Waals surface area contributed by atoms with Gasteiger partial charge in [0.2, 0.25) is 0 Å². The molecule has 0 saturated heterocycles. The van der Waals surface area contributed by atoms with Crippen molar-refractivity contribution < 1.29 is 9.52 Å². The Morgan fingerprint density at radius 3 is 3.00 bits per heavy atom. The lowest BCUT2D eigenvalue weighted by atomic mass is 10.3. The summed E-state index contributed by atoms with van der Waals surface area (Å²) in [7, 11) is 0. The second kappa shape index (κ2) is 3.78. The van der Waals surface area contributed by atoms with Crippen LogP contribution in [0.2, 0.25) is 0 Å². The van der Waals surface area contributed by atoms with E-state index in [2.05, 4.69) is 0 Å². The van der Waals surface area contributed by atoms with Crippen molar-refractivity contribution in [2.45, 2.75) is 13.0 Å². The molecule has 5 heteroatoms. The van der Waals surface area contributed by atoms with E-state index in [1.807, 2.05) is 0 Å². The van der Waals surface area contributed by atoms with E-state index in [9.17, 15) is 4.79 Å². The lowest BCUT2D eigenvalue weighted by molar-refractivity contribution is 0.278. The summed E-state index contributed by atoms with van der Waals surface area (Å²) < 4.78 is 6.51. The summed E-state index contributed by atoms with van der Waals surface area (Å²) >= 11 is 0. The number of fused-ring (bicyclic) bond motifs is 1. The minimum atomic E-state index is -0.413. The second-order valence-corrected chi connectivity index (χ2v) is 3.32. The molecular weight excluding hydrogens is 196 g/mol. The Hall–Kier alpha value is -1.75. The Bertz CT molecular complexity index is 527. The average Bonchev–Trinajstić information content (AvgIpc) is 2.50. The summed E-state index contributed by atoms with van der Waals surface area (Å²) in [6, 6.07) is 5.08. The zero-order chi connectivity index (χ0) is 10.8. The standard InChI is InChI=1S/C10H12N2O3/c11-7-2-3-8-9(6-7)15-10(14)12(8)4-1-5-13/h2-3,6,13H,1,4-5,11H2. The van der Waals surface area contributed by atoms with Gasteiger partial charge in [-0.05, 0) is 18.6 Å². The highest BCUT2D eigenvalue weighted by atomic mass is 16.4. The first-order valence-electron chi connectivity index (χ1n) is 4.72. The van der Waals surface area contributed by atoms with Crippen LogP contribution in [0.1, 0.15) is 6.42 Å². The number of nitrogens with two attached hydrogens (primary N) is 1. The fourth-order valence-electron chi connectivity index (χ4n) is 1.52. The first-order valence-corrected chi connectivity index (χ1v) is 4.72. The van der Waals surface area contributed by atoms with Crippen molar-refractivity contribution in [2.24, 2.45) is 0 Å². The molecule has 2 aromatic rings. The third-order valence-corrected chi connectivity index (χ3v) is 2.23. The van der Waals surface area contributed by atoms with E-state index in [1.165, 1.54) is 4.57 Å². The van der Waals surface area contributed by atoms with Gasteiger partial charge in [-0.1, -0.05) is 0 Å². The quantitative estimate of drug-likeness (QED) is 0.722. The Labute approximate surface area is 85.7 Å². The molecule has 5 nitrogen and oxygen atoms in total. The highest BCUT2D eigenvalue weighted by molar-refractivity contribution is 5.76. The number of nitrogen functional groups attached to an aromatic ring is 1. The topological polar surface area (TPSA) is 81.4 Å². The smallest absolute Gasteiger partial charge is 0.408 e. The molecule has 0 amide bonds. The molecule has 0 radical (unpaired) electrons. The summed E-state index contributed by atoms with van der Waals surface area (Å²) in [5, 5.41) is 8.71. The molecule has 80 valence electrons. The molecule has 15 heavy (non-hydrogen) atoms. The first kappa shape index (κ1) is 9.79. The van der Waals surface area contributed by atoms with Crippen molar-refractivity contribution in [3.8, 4) is 0 Å². The Morgan fingerprint density at radius 1 is 1.47 bits per heavy atom. The lowest BCUT2D eigenvalue weighted by Gasteiger charge is -1.99. The van der Waals surface area contributed by atoms with E-state index in [4.69, 9.17) is 15.3 Å². The summed E-state index contributed by atoms with van der Waals surface area (Å²) in [6.07, 6.45) is 0.527. The minimum Gasteiger partial charge on any atom is -0.408 e. The third-order valence-electron chi connectivity index (χ3n) is 2.23. The molecule has 0 bridgehead atoms. The van der Waals surface area contributed by atoms with Crippen molar-refractivity contribution in [2.75, 3.05) is 12.3 Å². The molecule has 0 spiro atoms. The third kappa shape index (κ3) is 1.73. The van der Waals surface area contributed by atoms with Gasteiger partial charge in [0, 0.05) is 24.9 Å². The van der Waals surface area contributed by atoms with Gasteiger partial charge in [0.05, 0.1) is 5.52 Å². The van der Waals surface area contributed by atoms with Gasteiger partial charge in [-0.2, -0.15) is 0 Å². The van der Waals surface area contributed by atoms with Gasteiger partial charge in [-0.3, -0.25) is 4.57 Å². The highest BCUT2D eigenvalue weighted by Crippen LogP contribution is 2.16. The summed E-state index contributed by atoms with van der Waals surface area (Å²) in [4.78, 5) is 11.4. The van der Waals surface area contributed by atoms with Crippen LogP contribution in [0.5, 0.6) is 0 Å². The number of hydrogen-bond donors (Lipinski definition) is 2. The summed E-state index contributed by atoms with van der Waals surface area (Å²) in [5.41, 5.74) is 7.33. The van der Waals surface area contributed by atoms with E-state index >= 15 is 0 Å². The number of rotatable bonds is 3. The van der Waals surface area contributed by atoms with Crippen LogP contribution in [0.4, 0.5) is 5.69 Å². The maximum Gasteiger partial charge on any atom is 0.419 e. The van der Waals surface area contributed by atoms with E-state index in [0.29, 0.717) is 29.8 Å². The van der Waals surface area contributed by atoms with Gasteiger partial charge in [0.1, 0.15) is 0 Å². The molecule has 1 aromatic carbocycles. The first-order chi connectivity index (χ1) is 7.22. The fraction of sp³-hybridized carbons (Fsp3) is 0.300. The molecule has 1 aromatic heterocycles. The predicted molar refractivity (Wildman–Crippen MR) is 56.6 cm³/mol. The number of anilines is 1. The molecule has 3 N–H and O–H groups in total. The molecule has 0 aliphatic carbocycles. The fourth-order valence-corrected chi connectivity index (χ4v) is 1.52. The van der Waals surface area contributed by atoms with Crippen molar-refractivity contribution in [3.63, 3.8) is 0 Å². The molecule has 0 aliphatic rings. The van der Waals surface area contributed by atoms with E-state index < -0.39 is 5.76 Å². The van der Waals surface area contributed by atoms with Crippen LogP contribution in [0, 0.1) is 0 Å². The van der Waals surface area contributed by atoms with Gasteiger partial charge >= 0.3 is 5.76 Å². The van der Waals surface area contributed by atoms with Gasteiger partial charge in [0.15, 0.2) is 5.58 Å². The Balaban J connectivity index is 2.53. The van der Waals surface area contributed by atoms with Crippen LogP contribution in [0.3, 0.4) is 0 Å². The molecule has 0 fully saturated rings. The van der Waals surface area contributed by atoms with E-state index in [0.717, 1.165) is 0 Å². The number of hydrogen-bond acceptors (Lipinski definition) is 4. The van der Waals surface area contributed by atoms with Crippen LogP contribution in [-0.2, 0) is 6.54 Å². The number of aromatic nitrogens is 1. The van der Waals surface area contributed by atoms with Crippen LogP contribution in [0.15, 0.2) is 27.4 Å². The van der Waals surface area contributed by atoms with Gasteiger partial charge in [0.25, 0.3) is 0 Å². The van der Waals surface area contributed by atoms with Crippen LogP contribution in [-0.4, -0.2) is 16.3 Å². The molecule has 0 atom stereocenters. The van der Waals surface area contributed by atoms with Crippen LogP contribution >= 0.6 is 0 Å². The van der Waals surface area contributed by atoms with E-state index in [-0.39, 0.29) is 6.61 Å². The number of oxazole rings is 1. The maximum atomic E-state index is 11.4. The predicted octanol–water partition coefficient (Wildman–Crippen LogP) is 0.559. The Kier molecular flexibility index (Phi) is 2.47. The van der Waals surface area contributed by atoms with Crippen molar-refractivity contribution in [1.29, 1.82) is 0 Å². The Morgan fingerprint density at radius 2 is 2.27 bits per heavy atom. The largest absolute Gasteiger partial charge is 0.419 e. The summed E-state index contributed by atoms with van der Waals surface area (Å²) in [5.74, 6) is -0.413. The van der Waals surface area contributed by atoms with Crippen LogP contribution in [0.25, 0.3) is 11.1 Å². The molecule has 2 rings (SSSR count).